The van der Waals surface area contributed by atoms with Gasteiger partial charge in [0, 0.05) is 16.9 Å². The van der Waals surface area contributed by atoms with E-state index in [0.717, 1.165) is 0 Å². The molecule has 82 valence electrons. The van der Waals surface area contributed by atoms with E-state index in [9.17, 15) is 9.18 Å². The fraction of sp³-hybridized carbons (Fsp3) is 0. The highest BCUT2D eigenvalue weighted by atomic mass is 79.9. The molecule has 0 saturated heterocycles. The predicted octanol–water partition coefficient (Wildman–Crippen LogP) is 2.56. The Morgan fingerprint density at radius 2 is 2.31 bits per heavy atom. The molecule has 0 spiro atoms. The number of carbonyl (C=O) groups excluding carboxylic acids is 1. The molecule has 0 saturated carbocycles. The fourth-order valence-corrected chi connectivity index (χ4v) is 1.52. The van der Waals surface area contributed by atoms with Crippen LogP contribution in [-0.4, -0.2) is 15.9 Å². The van der Waals surface area contributed by atoms with E-state index in [0.29, 0.717) is 4.47 Å². The summed E-state index contributed by atoms with van der Waals surface area (Å²) in [5.74, 6) is -0.842. The molecule has 2 aromatic rings. The molecule has 1 aromatic carbocycles. The summed E-state index contributed by atoms with van der Waals surface area (Å²) in [5.41, 5.74) is -0.0281. The number of nitrogens with zero attached hydrogens (tertiary/aromatic N) is 1. The Morgan fingerprint density at radius 3 is 2.94 bits per heavy atom. The van der Waals surface area contributed by atoms with Gasteiger partial charge in [0.25, 0.3) is 5.91 Å². The van der Waals surface area contributed by atoms with Gasteiger partial charge in [0.15, 0.2) is 0 Å². The summed E-state index contributed by atoms with van der Waals surface area (Å²) >= 11 is 3.12. The van der Waals surface area contributed by atoms with Crippen LogP contribution in [0.5, 0.6) is 0 Å². The summed E-state index contributed by atoms with van der Waals surface area (Å²) in [6.45, 7) is 0. The summed E-state index contributed by atoms with van der Waals surface area (Å²) in [6.07, 6.45) is 3.06. The fourth-order valence-electron chi connectivity index (χ4n) is 1.18. The van der Waals surface area contributed by atoms with Gasteiger partial charge in [-0.25, -0.2) is 9.37 Å². The highest BCUT2D eigenvalue weighted by Crippen LogP contribution is 2.16. The van der Waals surface area contributed by atoms with E-state index in [1.165, 1.54) is 18.3 Å². The van der Waals surface area contributed by atoms with E-state index < -0.39 is 11.7 Å². The van der Waals surface area contributed by atoms with Gasteiger partial charge in [-0.1, -0.05) is 15.9 Å². The molecule has 16 heavy (non-hydrogen) atoms. The zero-order chi connectivity index (χ0) is 11.5. The second-order valence-electron chi connectivity index (χ2n) is 3.02. The SMILES string of the molecule is O=C(Nc1ncc[nH]1)c1ccc(Br)cc1F. The van der Waals surface area contributed by atoms with Crippen LogP contribution in [0, 0.1) is 5.82 Å². The highest BCUT2D eigenvalue weighted by Gasteiger charge is 2.12. The highest BCUT2D eigenvalue weighted by molar-refractivity contribution is 9.10. The van der Waals surface area contributed by atoms with E-state index >= 15 is 0 Å². The molecule has 0 aliphatic carbocycles. The molecule has 0 radical (unpaired) electrons. The van der Waals surface area contributed by atoms with Gasteiger partial charge in [0.05, 0.1) is 5.56 Å². The molecule has 1 heterocycles. The van der Waals surface area contributed by atoms with Crippen LogP contribution in [0.4, 0.5) is 10.3 Å². The van der Waals surface area contributed by atoms with Crippen molar-refractivity contribution in [3.63, 3.8) is 0 Å². The standard InChI is InChI=1S/C10H7BrFN3O/c11-6-1-2-7(8(12)5-6)9(16)15-10-13-3-4-14-10/h1-5H,(H2,13,14,15,16). The van der Waals surface area contributed by atoms with Crippen LogP contribution in [0.3, 0.4) is 0 Å². The zero-order valence-electron chi connectivity index (χ0n) is 8.00. The second kappa shape index (κ2) is 4.44. The van der Waals surface area contributed by atoms with Gasteiger partial charge < -0.3 is 4.98 Å². The normalized spacial score (nSPS) is 10.1. The lowest BCUT2D eigenvalue weighted by molar-refractivity contribution is 0.102. The number of benzene rings is 1. The molecular formula is C10H7BrFN3O. The zero-order valence-corrected chi connectivity index (χ0v) is 9.58. The lowest BCUT2D eigenvalue weighted by atomic mass is 10.2. The lowest BCUT2D eigenvalue weighted by Gasteiger charge is -2.03. The van der Waals surface area contributed by atoms with Crippen molar-refractivity contribution >= 4 is 27.8 Å². The first-order chi connectivity index (χ1) is 7.66. The number of H-pyrrole nitrogens is 1. The number of hydrogen-bond acceptors (Lipinski definition) is 2. The molecule has 0 fully saturated rings. The molecule has 0 aliphatic heterocycles. The van der Waals surface area contributed by atoms with Crippen LogP contribution in [0.25, 0.3) is 0 Å². The van der Waals surface area contributed by atoms with Crippen molar-refractivity contribution < 1.29 is 9.18 Å². The molecule has 1 aromatic heterocycles. The Balaban J connectivity index is 2.21. The van der Waals surface area contributed by atoms with Crippen molar-refractivity contribution in [3.05, 3.63) is 46.4 Å². The molecule has 1 amide bonds. The minimum absolute atomic E-state index is 0.0281. The predicted molar refractivity (Wildman–Crippen MR) is 60.6 cm³/mol. The van der Waals surface area contributed by atoms with Crippen molar-refractivity contribution in [1.29, 1.82) is 0 Å². The van der Waals surface area contributed by atoms with Crippen LogP contribution in [0.2, 0.25) is 0 Å². The number of nitrogens with one attached hydrogen (secondary N) is 2. The number of halogens is 2. The van der Waals surface area contributed by atoms with E-state index in [1.807, 2.05) is 0 Å². The van der Waals surface area contributed by atoms with Crippen LogP contribution >= 0.6 is 15.9 Å². The van der Waals surface area contributed by atoms with Crippen LogP contribution < -0.4 is 5.32 Å². The van der Waals surface area contributed by atoms with Gasteiger partial charge in [0.2, 0.25) is 5.95 Å². The topological polar surface area (TPSA) is 57.8 Å². The molecule has 0 bridgehead atoms. The maximum atomic E-state index is 13.4. The maximum absolute atomic E-state index is 13.4. The first-order valence-electron chi connectivity index (χ1n) is 4.42. The average molecular weight is 284 g/mol. The molecule has 0 atom stereocenters. The Hall–Kier alpha value is -1.69. The number of imidazole rings is 1. The van der Waals surface area contributed by atoms with Gasteiger partial charge in [-0.05, 0) is 18.2 Å². The molecule has 0 unspecified atom stereocenters. The Kier molecular flexibility index (Phi) is 3.00. The number of aromatic nitrogens is 2. The monoisotopic (exact) mass is 283 g/mol. The Morgan fingerprint density at radius 1 is 1.50 bits per heavy atom. The van der Waals surface area contributed by atoms with E-state index in [2.05, 4.69) is 31.2 Å². The molecule has 4 nitrogen and oxygen atoms in total. The summed E-state index contributed by atoms with van der Waals surface area (Å²) in [4.78, 5) is 18.1. The minimum Gasteiger partial charge on any atom is -0.331 e. The lowest BCUT2D eigenvalue weighted by Crippen LogP contribution is -2.14. The van der Waals surface area contributed by atoms with Gasteiger partial charge >= 0.3 is 0 Å². The minimum atomic E-state index is -0.585. The molecule has 0 aliphatic rings. The van der Waals surface area contributed by atoms with Gasteiger partial charge in [0.1, 0.15) is 5.82 Å². The number of amides is 1. The van der Waals surface area contributed by atoms with Crippen molar-refractivity contribution in [3.8, 4) is 0 Å². The Bertz CT molecular complexity index is 513. The number of aromatic amines is 1. The second-order valence-corrected chi connectivity index (χ2v) is 3.93. The largest absolute Gasteiger partial charge is 0.331 e. The van der Waals surface area contributed by atoms with E-state index in [1.54, 1.807) is 12.3 Å². The summed E-state index contributed by atoms with van der Waals surface area (Å²) in [5, 5.41) is 2.44. The van der Waals surface area contributed by atoms with Gasteiger partial charge in [-0.2, -0.15) is 0 Å². The summed E-state index contributed by atoms with van der Waals surface area (Å²) in [6, 6.07) is 4.23. The third kappa shape index (κ3) is 2.27. The number of carbonyl (C=O) groups is 1. The summed E-state index contributed by atoms with van der Waals surface area (Å²) in [7, 11) is 0. The van der Waals surface area contributed by atoms with E-state index in [4.69, 9.17) is 0 Å². The quantitative estimate of drug-likeness (QED) is 0.890. The van der Waals surface area contributed by atoms with Crippen molar-refractivity contribution in [1.82, 2.24) is 9.97 Å². The maximum Gasteiger partial charge on any atom is 0.260 e. The molecule has 2 N–H and O–H groups in total. The third-order valence-corrected chi connectivity index (χ3v) is 2.40. The number of anilines is 1. The first kappa shape index (κ1) is 10.8. The van der Waals surface area contributed by atoms with Gasteiger partial charge in [-0.15, -0.1) is 0 Å². The molecule has 6 heteroatoms. The summed E-state index contributed by atoms with van der Waals surface area (Å²) < 4.78 is 14.0. The van der Waals surface area contributed by atoms with Crippen molar-refractivity contribution in [2.75, 3.05) is 5.32 Å². The average Bonchev–Trinajstić information content (AvgIpc) is 2.70. The molecule has 2 rings (SSSR count). The number of rotatable bonds is 2. The first-order valence-corrected chi connectivity index (χ1v) is 5.22. The van der Waals surface area contributed by atoms with Crippen molar-refractivity contribution in [2.24, 2.45) is 0 Å². The smallest absolute Gasteiger partial charge is 0.260 e. The molecular weight excluding hydrogens is 277 g/mol. The third-order valence-electron chi connectivity index (χ3n) is 1.91. The Labute approximate surface area is 99.0 Å². The van der Waals surface area contributed by atoms with Gasteiger partial charge in [-0.3, -0.25) is 10.1 Å². The van der Waals surface area contributed by atoms with Crippen molar-refractivity contribution in [2.45, 2.75) is 0 Å². The van der Waals surface area contributed by atoms with Crippen LogP contribution in [-0.2, 0) is 0 Å². The van der Waals surface area contributed by atoms with Crippen LogP contribution in [0.1, 0.15) is 10.4 Å². The number of hydrogen-bond donors (Lipinski definition) is 2. The van der Waals surface area contributed by atoms with E-state index in [-0.39, 0.29) is 11.5 Å². The van der Waals surface area contributed by atoms with Crippen LogP contribution in [0.15, 0.2) is 35.1 Å².